The van der Waals surface area contributed by atoms with Crippen LogP contribution in [0, 0.1) is 11.6 Å². The average Bonchev–Trinajstić information content (AvgIpc) is 3.38. The van der Waals surface area contributed by atoms with Crippen LogP contribution in [0.1, 0.15) is 75.3 Å². The minimum atomic E-state index is -4.13. The molecule has 2 aliphatic heterocycles. The molecule has 0 bridgehead atoms. The van der Waals surface area contributed by atoms with Gasteiger partial charge in [0, 0.05) is 11.1 Å². The van der Waals surface area contributed by atoms with E-state index >= 15 is 0 Å². The fourth-order valence-electron chi connectivity index (χ4n) is 6.26. The van der Waals surface area contributed by atoms with Crippen LogP contribution in [0.15, 0.2) is 60.0 Å². The number of aliphatic hydroxyl groups excluding tert-OH is 1. The van der Waals surface area contributed by atoms with Crippen LogP contribution < -0.4 is 0 Å². The minimum absolute atomic E-state index is 0.0109. The molecule has 0 aromatic heterocycles. The summed E-state index contributed by atoms with van der Waals surface area (Å²) in [4.78, 5) is -0.581. The molecular formula is C31H38F2O12S3. The van der Waals surface area contributed by atoms with Gasteiger partial charge in [0.15, 0.2) is 5.76 Å². The number of halogens is 2. The summed E-state index contributed by atoms with van der Waals surface area (Å²) in [5, 5.41) is 10.4. The quantitative estimate of drug-likeness (QED) is 0.365. The van der Waals surface area contributed by atoms with E-state index in [-0.39, 0.29) is 27.6 Å². The normalized spacial score (nSPS) is 22.1. The maximum atomic E-state index is 14.0. The second-order valence-electron chi connectivity index (χ2n) is 11.4. The number of hydrogen-bond donors (Lipinski definition) is 1. The summed E-state index contributed by atoms with van der Waals surface area (Å²) in [6, 6.07) is 11.3. The van der Waals surface area contributed by atoms with E-state index in [1.807, 2.05) is 0 Å². The zero-order chi connectivity index (χ0) is 35.4. The highest BCUT2D eigenvalue weighted by Crippen LogP contribution is 2.51. The van der Waals surface area contributed by atoms with Crippen molar-refractivity contribution >= 4 is 40.4 Å². The lowest BCUT2D eigenvalue weighted by atomic mass is 9.83. The molecule has 4 aliphatic rings. The van der Waals surface area contributed by atoms with Crippen molar-refractivity contribution in [1.82, 2.24) is 0 Å². The van der Waals surface area contributed by atoms with Gasteiger partial charge in [-0.2, -0.15) is 25.3 Å². The molecule has 48 heavy (non-hydrogen) atoms. The topological polar surface area (TPSA) is 169 Å². The van der Waals surface area contributed by atoms with Gasteiger partial charge in [0.2, 0.25) is 0 Å². The first kappa shape index (κ1) is 37.9. The Morgan fingerprint density at radius 3 is 1.48 bits per heavy atom. The Kier molecular flexibility index (Phi) is 11.8. The molecule has 2 fully saturated rings. The molecule has 2 aromatic carbocycles. The number of benzene rings is 2. The summed E-state index contributed by atoms with van der Waals surface area (Å²) in [5.41, 5.74) is -2.26. The van der Waals surface area contributed by atoms with Crippen LogP contribution in [0.5, 0.6) is 0 Å². The zero-order valence-corrected chi connectivity index (χ0v) is 29.1. The lowest BCUT2D eigenvalue weighted by Crippen LogP contribution is -2.35. The molecule has 0 atom stereocenters. The van der Waals surface area contributed by atoms with Gasteiger partial charge in [-0.3, -0.25) is 16.7 Å². The molecular weight excluding hydrogens is 699 g/mol. The number of aliphatic hydroxyl groups is 1. The summed E-state index contributed by atoms with van der Waals surface area (Å²) >= 11 is 0. The minimum Gasteiger partial charge on any atom is -0.508 e. The van der Waals surface area contributed by atoms with Crippen LogP contribution in [0.4, 0.5) is 8.78 Å². The SMILES string of the molecule is COC1=C(c2ccccc2F)S(=O)(=O)OC12CCCCC2.COS(=O)(=O)OC.O=S1(=O)OC2(CCCCC2)C(O)=C1c1ccccc1F. The second kappa shape index (κ2) is 14.9. The van der Waals surface area contributed by atoms with E-state index in [2.05, 4.69) is 8.37 Å². The molecule has 0 saturated heterocycles. The second-order valence-corrected chi connectivity index (χ2v) is 15.9. The predicted molar refractivity (Wildman–Crippen MR) is 171 cm³/mol. The molecule has 2 saturated carbocycles. The van der Waals surface area contributed by atoms with E-state index in [1.165, 1.54) is 43.5 Å². The van der Waals surface area contributed by atoms with Crippen molar-refractivity contribution in [3.8, 4) is 0 Å². The highest BCUT2D eigenvalue weighted by Gasteiger charge is 2.54. The summed E-state index contributed by atoms with van der Waals surface area (Å²) in [5.74, 6) is -1.38. The third-order valence-corrected chi connectivity index (χ3v) is 12.2. The first-order valence-electron chi connectivity index (χ1n) is 15.1. The third-order valence-electron chi connectivity index (χ3n) is 8.48. The lowest BCUT2D eigenvalue weighted by molar-refractivity contribution is 0.0328. The smallest absolute Gasteiger partial charge is 0.399 e. The summed E-state index contributed by atoms with van der Waals surface area (Å²) in [7, 11) is -8.34. The van der Waals surface area contributed by atoms with Crippen molar-refractivity contribution in [2.24, 2.45) is 0 Å². The van der Waals surface area contributed by atoms with E-state index < -0.39 is 58.4 Å². The molecule has 2 spiro atoms. The molecule has 2 heterocycles. The first-order chi connectivity index (χ1) is 22.6. The Morgan fingerprint density at radius 2 is 1.06 bits per heavy atom. The van der Waals surface area contributed by atoms with E-state index in [9.17, 15) is 39.1 Å². The maximum absolute atomic E-state index is 14.0. The molecule has 17 heteroatoms. The van der Waals surface area contributed by atoms with Crippen molar-refractivity contribution < 1.29 is 60.6 Å². The van der Waals surface area contributed by atoms with Gasteiger partial charge in [-0.1, -0.05) is 74.9 Å². The van der Waals surface area contributed by atoms with Crippen LogP contribution >= 0.6 is 0 Å². The molecule has 1 N–H and O–H groups in total. The van der Waals surface area contributed by atoms with E-state index in [0.29, 0.717) is 25.7 Å². The summed E-state index contributed by atoms with van der Waals surface area (Å²) in [6.07, 6.45) is 7.35. The molecule has 2 aliphatic carbocycles. The van der Waals surface area contributed by atoms with Gasteiger partial charge in [0.1, 0.15) is 38.4 Å². The summed E-state index contributed by atoms with van der Waals surface area (Å²) in [6.45, 7) is 0. The molecule has 12 nitrogen and oxygen atoms in total. The average molecular weight is 737 g/mol. The number of ether oxygens (including phenoxy) is 1. The maximum Gasteiger partial charge on any atom is 0.399 e. The van der Waals surface area contributed by atoms with Gasteiger partial charge in [-0.15, -0.1) is 0 Å². The number of hydrogen-bond acceptors (Lipinski definition) is 12. The van der Waals surface area contributed by atoms with Crippen LogP contribution in [-0.4, -0.2) is 62.9 Å². The van der Waals surface area contributed by atoms with Crippen LogP contribution in [0.3, 0.4) is 0 Å². The van der Waals surface area contributed by atoms with E-state index in [1.54, 1.807) is 6.07 Å². The molecule has 6 rings (SSSR count). The van der Waals surface area contributed by atoms with E-state index in [0.717, 1.165) is 58.8 Å². The Morgan fingerprint density at radius 1 is 0.667 bits per heavy atom. The Bertz CT molecular complexity index is 1870. The molecule has 266 valence electrons. The van der Waals surface area contributed by atoms with Crippen molar-refractivity contribution in [2.45, 2.75) is 75.4 Å². The zero-order valence-electron chi connectivity index (χ0n) is 26.6. The summed E-state index contributed by atoms with van der Waals surface area (Å²) < 4.78 is 121. The Hall–Kier alpha value is -2.93. The molecule has 2 aromatic rings. The molecule has 0 amide bonds. The van der Waals surface area contributed by atoms with Crippen molar-refractivity contribution in [1.29, 1.82) is 0 Å². The molecule has 0 unspecified atom stereocenters. The first-order valence-corrected chi connectivity index (χ1v) is 19.2. The highest BCUT2D eigenvalue weighted by atomic mass is 32.3. The van der Waals surface area contributed by atoms with Crippen molar-refractivity contribution in [3.05, 3.63) is 82.8 Å². The van der Waals surface area contributed by atoms with Crippen LogP contribution in [-0.2, 0) is 52.1 Å². The fraction of sp³-hybridized carbons (Fsp3) is 0.484. The Balaban J connectivity index is 0.000000182. The van der Waals surface area contributed by atoms with Crippen LogP contribution in [0.25, 0.3) is 9.81 Å². The van der Waals surface area contributed by atoms with Gasteiger partial charge in [0.25, 0.3) is 0 Å². The number of methoxy groups -OCH3 is 1. The predicted octanol–water partition coefficient (Wildman–Crippen LogP) is 5.84. The monoisotopic (exact) mass is 736 g/mol. The van der Waals surface area contributed by atoms with Gasteiger partial charge < -0.3 is 9.84 Å². The van der Waals surface area contributed by atoms with Gasteiger partial charge >= 0.3 is 30.6 Å². The van der Waals surface area contributed by atoms with Crippen LogP contribution in [0.2, 0.25) is 0 Å². The van der Waals surface area contributed by atoms with Crippen molar-refractivity contribution in [2.75, 3.05) is 21.3 Å². The van der Waals surface area contributed by atoms with E-state index in [4.69, 9.17) is 13.1 Å². The van der Waals surface area contributed by atoms with Gasteiger partial charge in [0.05, 0.1) is 21.3 Å². The van der Waals surface area contributed by atoms with Gasteiger partial charge in [-0.25, -0.2) is 8.78 Å². The van der Waals surface area contributed by atoms with Crippen molar-refractivity contribution in [3.63, 3.8) is 0 Å². The number of rotatable bonds is 5. The largest absolute Gasteiger partial charge is 0.508 e. The fourth-order valence-corrected chi connectivity index (χ4v) is 9.68. The lowest BCUT2D eigenvalue weighted by Gasteiger charge is -2.32. The third kappa shape index (κ3) is 7.77. The van der Waals surface area contributed by atoms with Gasteiger partial charge in [-0.05, 0) is 37.8 Å². The highest BCUT2D eigenvalue weighted by molar-refractivity contribution is 7.97. The Labute approximate surface area is 279 Å². The standard InChI is InChI=1S/C15H17FO4S.C14H15FO4S.C2H6O4S/c1-19-14-13(11-7-3-4-8-12(11)16)21(17,18)20-15(14)9-5-2-6-10-15;15-11-7-3-2-6-10(11)12-13(16)14(19-20(12,17)18)8-4-1-5-9-14;1-5-7(3,4)6-2/h3-4,7-8H,2,5-6,9-10H2,1H3;2-3,6-7,16H,1,4-5,8-9H2;1-2H3. The molecule has 0 radical (unpaired) electrons.